The average Bonchev–Trinajstić information content (AvgIpc) is 3.32. The lowest BCUT2D eigenvalue weighted by Crippen LogP contribution is -2.32. The third-order valence-electron chi connectivity index (χ3n) is 5.11. The number of nitrogens with zero attached hydrogens (tertiary/aromatic N) is 3. The van der Waals surface area contributed by atoms with E-state index >= 15 is 0 Å². The van der Waals surface area contributed by atoms with Crippen LogP contribution in [0.2, 0.25) is 0 Å². The van der Waals surface area contributed by atoms with Crippen LogP contribution >= 0.6 is 11.3 Å². The fourth-order valence-electron chi connectivity index (χ4n) is 3.49. The van der Waals surface area contributed by atoms with Crippen LogP contribution in [0.1, 0.15) is 28.6 Å². The highest BCUT2D eigenvalue weighted by atomic mass is 32.1. The second-order valence-electron chi connectivity index (χ2n) is 7.82. The number of carbonyl (C=O) groups is 1. The van der Waals surface area contributed by atoms with E-state index in [4.69, 9.17) is 4.98 Å². The number of hydrogen-bond acceptors (Lipinski definition) is 4. The molecular formula is C24H25FN4OS. The van der Waals surface area contributed by atoms with Crippen LogP contribution in [0.15, 0.2) is 60.7 Å². The number of carbonyl (C=O) groups excluding carboxylic acids is 1. The van der Waals surface area contributed by atoms with Crippen molar-refractivity contribution in [3.8, 4) is 5.69 Å². The molecule has 0 spiro atoms. The Morgan fingerprint density at radius 1 is 1.16 bits per heavy atom. The molecule has 160 valence electrons. The van der Waals surface area contributed by atoms with E-state index in [0.717, 1.165) is 34.8 Å². The maximum absolute atomic E-state index is 13.4. The first-order valence-corrected chi connectivity index (χ1v) is 11.0. The Morgan fingerprint density at radius 2 is 1.87 bits per heavy atom. The first-order chi connectivity index (χ1) is 14.9. The predicted molar refractivity (Wildman–Crippen MR) is 125 cm³/mol. The van der Waals surface area contributed by atoms with E-state index in [1.54, 1.807) is 12.1 Å². The number of halogens is 1. The van der Waals surface area contributed by atoms with Gasteiger partial charge in [0.05, 0.1) is 10.6 Å². The summed E-state index contributed by atoms with van der Waals surface area (Å²) >= 11 is 1.39. The van der Waals surface area contributed by atoms with Gasteiger partial charge in [0.2, 0.25) is 5.95 Å². The minimum absolute atomic E-state index is 0.0543. The standard InChI is InChI=1S/C24H25FN4OS/c1-16(9-10-17-7-5-4-6-8-17)26-22(30)21-15-20-23(31-21)29(24(27-20)28(2)3)19-13-11-18(25)12-14-19/h4-8,11-16H,9-10H2,1-3H3,(H,26,30)/t16-/m0/s1. The molecular weight excluding hydrogens is 411 g/mol. The van der Waals surface area contributed by atoms with Gasteiger partial charge in [-0.25, -0.2) is 9.37 Å². The van der Waals surface area contributed by atoms with Gasteiger partial charge in [0.25, 0.3) is 5.91 Å². The Labute approximate surface area is 185 Å². The number of thiophene rings is 1. The highest BCUT2D eigenvalue weighted by Crippen LogP contribution is 2.32. The molecule has 0 fully saturated rings. The van der Waals surface area contributed by atoms with Crippen molar-refractivity contribution in [3.63, 3.8) is 0 Å². The number of amides is 1. The van der Waals surface area contributed by atoms with E-state index in [0.29, 0.717) is 4.88 Å². The molecule has 2 aromatic heterocycles. The van der Waals surface area contributed by atoms with Gasteiger partial charge in [0.15, 0.2) is 0 Å². The van der Waals surface area contributed by atoms with Crippen LogP contribution in [0.25, 0.3) is 16.0 Å². The molecule has 31 heavy (non-hydrogen) atoms. The molecule has 0 saturated carbocycles. The van der Waals surface area contributed by atoms with Gasteiger partial charge in [-0.15, -0.1) is 11.3 Å². The van der Waals surface area contributed by atoms with E-state index < -0.39 is 0 Å². The van der Waals surface area contributed by atoms with Crippen molar-refractivity contribution in [2.24, 2.45) is 0 Å². The smallest absolute Gasteiger partial charge is 0.261 e. The van der Waals surface area contributed by atoms with Crippen molar-refractivity contribution in [1.82, 2.24) is 14.9 Å². The molecule has 0 radical (unpaired) electrons. The van der Waals surface area contributed by atoms with E-state index in [1.165, 1.54) is 29.0 Å². The lowest BCUT2D eigenvalue weighted by Gasteiger charge is -2.15. The quantitative estimate of drug-likeness (QED) is 0.441. The van der Waals surface area contributed by atoms with Gasteiger partial charge in [-0.1, -0.05) is 30.3 Å². The summed E-state index contributed by atoms with van der Waals surface area (Å²) in [7, 11) is 3.82. The average molecular weight is 437 g/mol. The second-order valence-corrected chi connectivity index (χ2v) is 8.85. The normalized spacial score (nSPS) is 12.1. The van der Waals surface area contributed by atoms with Crippen molar-refractivity contribution in [2.75, 3.05) is 19.0 Å². The van der Waals surface area contributed by atoms with Crippen molar-refractivity contribution >= 4 is 33.5 Å². The summed E-state index contributed by atoms with van der Waals surface area (Å²) in [6, 6.07) is 18.4. The highest BCUT2D eigenvalue weighted by Gasteiger charge is 2.20. The van der Waals surface area contributed by atoms with Crippen LogP contribution in [0.3, 0.4) is 0 Å². The minimum atomic E-state index is -0.290. The Bertz CT molecular complexity index is 1180. The van der Waals surface area contributed by atoms with E-state index in [2.05, 4.69) is 17.4 Å². The van der Waals surface area contributed by atoms with Gasteiger partial charge >= 0.3 is 0 Å². The number of imidazole rings is 1. The Morgan fingerprint density at radius 3 is 2.55 bits per heavy atom. The first-order valence-electron chi connectivity index (χ1n) is 10.2. The zero-order chi connectivity index (χ0) is 22.0. The van der Waals surface area contributed by atoms with Crippen molar-refractivity contribution < 1.29 is 9.18 Å². The predicted octanol–water partition coefficient (Wildman–Crippen LogP) is 5.04. The number of benzene rings is 2. The Kier molecular flexibility index (Phi) is 6.04. The number of aryl methyl sites for hydroxylation is 1. The summed E-state index contributed by atoms with van der Waals surface area (Å²) in [5.74, 6) is 0.346. The number of fused-ring (bicyclic) bond motifs is 1. The molecule has 2 aromatic carbocycles. The topological polar surface area (TPSA) is 50.2 Å². The third-order valence-corrected chi connectivity index (χ3v) is 6.22. The summed E-state index contributed by atoms with van der Waals surface area (Å²) in [6.45, 7) is 2.02. The summed E-state index contributed by atoms with van der Waals surface area (Å²) < 4.78 is 15.4. The molecule has 5 nitrogen and oxygen atoms in total. The van der Waals surface area contributed by atoms with Gasteiger partial charge in [-0.05, 0) is 55.7 Å². The highest BCUT2D eigenvalue weighted by molar-refractivity contribution is 7.20. The van der Waals surface area contributed by atoms with Crippen molar-refractivity contribution in [2.45, 2.75) is 25.8 Å². The largest absolute Gasteiger partial charge is 0.349 e. The minimum Gasteiger partial charge on any atom is -0.349 e. The monoisotopic (exact) mass is 436 g/mol. The maximum atomic E-state index is 13.4. The van der Waals surface area contributed by atoms with Gasteiger partial charge in [-0.2, -0.15) is 0 Å². The lowest BCUT2D eigenvalue weighted by atomic mass is 10.1. The molecule has 0 aliphatic rings. The molecule has 2 heterocycles. The maximum Gasteiger partial charge on any atom is 0.261 e. The van der Waals surface area contributed by atoms with Crippen LogP contribution < -0.4 is 10.2 Å². The molecule has 0 aliphatic heterocycles. The van der Waals surface area contributed by atoms with Gasteiger partial charge in [-0.3, -0.25) is 9.36 Å². The first kappa shape index (κ1) is 21.1. The lowest BCUT2D eigenvalue weighted by molar-refractivity contribution is 0.0942. The Hall–Kier alpha value is -3.19. The van der Waals surface area contributed by atoms with Crippen LogP contribution in [0.5, 0.6) is 0 Å². The van der Waals surface area contributed by atoms with Crippen LogP contribution in [0, 0.1) is 5.82 Å². The van der Waals surface area contributed by atoms with Crippen LogP contribution in [-0.4, -0.2) is 35.6 Å². The molecule has 0 bridgehead atoms. The molecule has 1 N–H and O–H groups in total. The number of rotatable bonds is 7. The summed E-state index contributed by atoms with van der Waals surface area (Å²) in [5, 5.41) is 3.10. The fraction of sp³-hybridized carbons (Fsp3) is 0.250. The van der Waals surface area contributed by atoms with Gasteiger partial charge in [0.1, 0.15) is 16.2 Å². The van der Waals surface area contributed by atoms with Crippen LogP contribution in [0.4, 0.5) is 10.3 Å². The van der Waals surface area contributed by atoms with Gasteiger partial charge < -0.3 is 10.2 Å². The number of hydrogen-bond donors (Lipinski definition) is 1. The van der Waals surface area contributed by atoms with Gasteiger partial charge in [0, 0.05) is 20.1 Å². The van der Waals surface area contributed by atoms with Crippen LogP contribution in [-0.2, 0) is 6.42 Å². The summed E-state index contributed by atoms with van der Waals surface area (Å²) in [5.41, 5.74) is 2.82. The summed E-state index contributed by atoms with van der Waals surface area (Å²) in [6.07, 6.45) is 1.78. The van der Waals surface area contributed by atoms with Crippen molar-refractivity contribution in [1.29, 1.82) is 0 Å². The Balaban J connectivity index is 1.54. The molecule has 0 unspecified atom stereocenters. The molecule has 1 atom stereocenters. The molecule has 4 aromatic rings. The van der Waals surface area contributed by atoms with E-state index in [1.807, 2.05) is 54.8 Å². The molecule has 0 saturated heterocycles. The summed E-state index contributed by atoms with van der Waals surface area (Å²) in [4.78, 5) is 20.9. The third kappa shape index (κ3) is 4.61. The fourth-order valence-corrected chi connectivity index (χ4v) is 4.51. The van der Waals surface area contributed by atoms with Crippen molar-refractivity contribution in [3.05, 3.63) is 76.9 Å². The molecule has 7 heteroatoms. The molecule has 1 amide bonds. The number of nitrogens with one attached hydrogen (secondary N) is 1. The zero-order valence-corrected chi connectivity index (χ0v) is 18.6. The second kappa shape index (κ2) is 8.89. The molecule has 4 rings (SSSR count). The zero-order valence-electron chi connectivity index (χ0n) is 17.8. The molecule has 0 aliphatic carbocycles. The van der Waals surface area contributed by atoms with E-state index in [9.17, 15) is 9.18 Å². The number of aromatic nitrogens is 2. The van der Waals surface area contributed by atoms with E-state index in [-0.39, 0.29) is 17.8 Å². The SMILES string of the molecule is C[C@@H](CCc1ccccc1)NC(=O)c1cc2nc(N(C)C)n(-c3ccc(F)cc3)c2s1. The number of anilines is 1.